The number of unbranched alkanes of at least 4 members (excludes halogenated alkanes) is 1. The number of Topliss-reactive ketones (excluding diaryl/α,β-unsaturated/α-hetero) is 1. The Bertz CT molecular complexity index is 1440. The van der Waals surface area contributed by atoms with Crippen LogP contribution in [0, 0.1) is 23.7 Å². The molecule has 1 amide bonds. The molecule has 2 aliphatic heterocycles. The fraction of sp³-hybridized carbons (Fsp3) is 0.657. The molecule has 9 atom stereocenters. The number of nitrogen functional groups attached to an aromatic ring is 1. The Morgan fingerprint density at radius 3 is 2.56 bits per heavy atom. The van der Waals surface area contributed by atoms with E-state index in [0.717, 1.165) is 24.0 Å². The number of aryl methyl sites for hydroxylation is 1. The Morgan fingerprint density at radius 1 is 1.15 bits per heavy atom. The summed E-state index contributed by atoms with van der Waals surface area (Å²) in [6.45, 7) is 12.6. The summed E-state index contributed by atoms with van der Waals surface area (Å²) >= 11 is 0. The number of nitrogens with two attached hydrogens (primary N) is 1. The number of ketones is 1. The predicted molar refractivity (Wildman–Crippen MR) is 183 cm³/mol. The standard InChI is InChI=1S/C35H51BN6O6/c1-7-29-35(6)32(24(5)38-19-21(2)17-26(13-16-43)30(36)22(3)31(44)23(4)33(45)47-29)42(34(46)48-35)15-9-8-14-41-20-28(39-40-41)25-11-10-12-27(37)18-25/h10-12,16,18,20-24,26,29-30,32,38H,7-9,13-15,17,19,37H2,1-6H3/t21-,22-,23-,24-,26+,29-,30-,32-,35-/m1/s1. The fourth-order valence-electron chi connectivity index (χ4n) is 7.37. The van der Waals surface area contributed by atoms with E-state index in [1.54, 1.807) is 16.5 Å². The van der Waals surface area contributed by atoms with Crippen molar-refractivity contribution in [2.75, 3.05) is 18.8 Å². The Morgan fingerprint density at radius 2 is 1.88 bits per heavy atom. The fourth-order valence-corrected chi connectivity index (χ4v) is 7.37. The first-order valence-corrected chi connectivity index (χ1v) is 17.2. The molecule has 0 aliphatic carbocycles. The Labute approximate surface area is 285 Å². The zero-order chi connectivity index (χ0) is 35.2. The van der Waals surface area contributed by atoms with Gasteiger partial charge in [-0.15, -0.1) is 5.10 Å². The molecule has 2 saturated heterocycles. The van der Waals surface area contributed by atoms with E-state index in [4.69, 9.17) is 23.1 Å². The Kier molecular flexibility index (Phi) is 12.4. The van der Waals surface area contributed by atoms with Crippen LogP contribution in [0.1, 0.15) is 73.6 Å². The van der Waals surface area contributed by atoms with Gasteiger partial charge in [0.1, 0.15) is 29.8 Å². The molecule has 1 aromatic heterocycles. The summed E-state index contributed by atoms with van der Waals surface area (Å²) in [4.78, 5) is 53.7. The van der Waals surface area contributed by atoms with Crippen LogP contribution in [0.3, 0.4) is 0 Å². The lowest BCUT2D eigenvalue weighted by Gasteiger charge is -2.40. The number of anilines is 1. The topological polar surface area (TPSA) is 159 Å². The van der Waals surface area contributed by atoms with E-state index in [1.165, 1.54) is 6.92 Å². The van der Waals surface area contributed by atoms with Gasteiger partial charge < -0.3 is 25.3 Å². The normalized spacial score (nSPS) is 32.1. The van der Waals surface area contributed by atoms with Gasteiger partial charge in [-0.2, -0.15) is 0 Å². The second-order valence-corrected chi connectivity index (χ2v) is 13.9. The van der Waals surface area contributed by atoms with Gasteiger partial charge in [0.25, 0.3) is 0 Å². The van der Waals surface area contributed by atoms with Crippen molar-refractivity contribution in [1.29, 1.82) is 0 Å². The van der Waals surface area contributed by atoms with E-state index in [1.807, 2.05) is 51.2 Å². The van der Waals surface area contributed by atoms with Gasteiger partial charge in [0.15, 0.2) is 5.60 Å². The average Bonchev–Trinajstić information content (AvgIpc) is 3.64. The number of hydrogen-bond acceptors (Lipinski definition) is 10. The number of cyclic esters (lactones) is 1. The highest BCUT2D eigenvalue weighted by Crippen LogP contribution is 2.39. The molecule has 0 bridgehead atoms. The van der Waals surface area contributed by atoms with Crippen LogP contribution in [-0.4, -0.2) is 88.8 Å². The molecule has 4 rings (SSSR count). The molecule has 3 N–H and O–H groups in total. The molecule has 48 heavy (non-hydrogen) atoms. The second-order valence-electron chi connectivity index (χ2n) is 13.9. The van der Waals surface area contributed by atoms with Crippen LogP contribution in [0.5, 0.6) is 0 Å². The zero-order valence-corrected chi connectivity index (χ0v) is 29.1. The van der Waals surface area contributed by atoms with Crippen LogP contribution in [0.2, 0.25) is 5.82 Å². The summed E-state index contributed by atoms with van der Waals surface area (Å²) in [7, 11) is 6.56. The van der Waals surface area contributed by atoms with Gasteiger partial charge >= 0.3 is 12.1 Å². The third kappa shape index (κ3) is 8.27. The molecular formula is C35H51BN6O6. The smallest absolute Gasteiger partial charge is 0.410 e. The SMILES string of the molecule is [B][C@H]1[C@@H](CC=O)C[C@@H](C)CN[C@H](C)[C@H]2N(CCCCn3cc(-c4cccc(N)c4)nn3)C(=O)O[C@]2(C)[C@@H](CC)OC(=O)[C@H](C)C(=O)[C@@H]1C. The largest absolute Gasteiger partial charge is 0.458 e. The Balaban J connectivity index is 1.53. The van der Waals surface area contributed by atoms with E-state index in [9.17, 15) is 19.2 Å². The highest BCUT2D eigenvalue weighted by Gasteiger charge is 2.58. The van der Waals surface area contributed by atoms with Gasteiger partial charge in [-0.05, 0) is 77.0 Å². The number of rotatable bonds is 9. The average molecular weight is 663 g/mol. The van der Waals surface area contributed by atoms with Crippen molar-refractivity contribution in [2.24, 2.45) is 23.7 Å². The van der Waals surface area contributed by atoms with E-state index in [-0.39, 0.29) is 30.1 Å². The number of esters is 1. The molecule has 12 nitrogen and oxygen atoms in total. The molecule has 3 heterocycles. The number of ether oxygens (including phenoxy) is 2. The molecule has 1 aromatic carbocycles. The summed E-state index contributed by atoms with van der Waals surface area (Å²) in [5.74, 6) is -3.42. The number of carbonyl (C=O) groups is 4. The van der Waals surface area contributed by atoms with E-state index in [2.05, 4.69) is 22.6 Å². The van der Waals surface area contributed by atoms with Crippen LogP contribution < -0.4 is 11.1 Å². The third-order valence-electron chi connectivity index (χ3n) is 10.2. The van der Waals surface area contributed by atoms with Gasteiger partial charge in [0.2, 0.25) is 0 Å². The maximum absolute atomic E-state index is 13.5. The number of aldehydes is 1. The molecule has 13 heteroatoms. The number of hydrogen-bond donors (Lipinski definition) is 2. The number of amides is 1. The molecule has 2 aromatic rings. The van der Waals surface area contributed by atoms with Crippen molar-refractivity contribution in [1.82, 2.24) is 25.2 Å². The van der Waals surface area contributed by atoms with Crippen LogP contribution in [0.25, 0.3) is 11.3 Å². The van der Waals surface area contributed by atoms with Gasteiger partial charge in [0, 0.05) is 42.7 Å². The highest BCUT2D eigenvalue weighted by molar-refractivity contribution is 6.15. The van der Waals surface area contributed by atoms with Crippen LogP contribution in [-0.2, 0) is 30.4 Å². The molecule has 2 aliphatic rings. The first kappa shape index (κ1) is 37.1. The minimum absolute atomic E-state index is 0.116. The summed E-state index contributed by atoms with van der Waals surface area (Å²) in [6, 6.07) is 6.77. The number of aromatic nitrogens is 3. The monoisotopic (exact) mass is 662 g/mol. The molecule has 2 fully saturated rings. The van der Waals surface area contributed by atoms with Gasteiger partial charge in [-0.3, -0.25) is 19.2 Å². The molecule has 2 radical (unpaired) electrons. The molecule has 0 spiro atoms. The number of nitrogens with zero attached hydrogens (tertiary/aromatic N) is 4. The maximum Gasteiger partial charge on any atom is 0.410 e. The van der Waals surface area contributed by atoms with E-state index in [0.29, 0.717) is 44.6 Å². The summed E-state index contributed by atoms with van der Waals surface area (Å²) < 4.78 is 13.9. The summed E-state index contributed by atoms with van der Waals surface area (Å²) in [5, 5.41) is 12.1. The lowest BCUT2D eigenvalue weighted by Crippen LogP contribution is -2.60. The minimum atomic E-state index is -1.18. The lowest BCUT2D eigenvalue weighted by molar-refractivity contribution is -0.170. The summed E-state index contributed by atoms with van der Waals surface area (Å²) in [6.07, 6.45) is 4.08. The molecule has 260 valence electrons. The first-order valence-electron chi connectivity index (χ1n) is 17.2. The van der Waals surface area contributed by atoms with Crippen molar-refractivity contribution < 1.29 is 28.7 Å². The number of fused-ring (bicyclic) bond motifs is 1. The van der Waals surface area contributed by atoms with Crippen molar-refractivity contribution in [2.45, 2.75) is 110 Å². The van der Waals surface area contributed by atoms with Crippen LogP contribution in [0.15, 0.2) is 30.5 Å². The van der Waals surface area contributed by atoms with Gasteiger partial charge in [-0.1, -0.05) is 43.9 Å². The van der Waals surface area contributed by atoms with Crippen molar-refractivity contribution >= 4 is 37.7 Å². The predicted octanol–water partition coefficient (Wildman–Crippen LogP) is 4.23. The highest BCUT2D eigenvalue weighted by atomic mass is 16.6. The van der Waals surface area contributed by atoms with E-state index >= 15 is 0 Å². The number of benzene rings is 1. The number of nitrogens with one attached hydrogen (secondary N) is 1. The maximum atomic E-state index is 13.5. The van der Waals surface area contributed by atoms with Gasteiger partial charge in [0.05, 0.1) is 20.1 Å². The molecule has 0 saturated carbocycles. The Hall–Kier alpha value is -3.74. The molecule has 0 unspecified atom stereocenters. The molecular weight excluding hydrogens is 611 g/mol. The second kappa shape index (κ2) is 16.1. The third-order valence-corrected chi connectivity index (χ3v) is 10.2. The number of carbonyl (C=O) groups excluding carboxylic acids is 4. The minimum Gasteiger partial charge on any atom is -0.458 e. The first-order chi connectivity index (χ1) is 22.8. The van der Waals surface area contributed by atoms with E-state index < -0.39 is 47.5 Å². The quantitative estimate of drug-likeness (QED) is 0.0994. The van der Waals surface area contributed by atoms with Crippen molar-refractivity contribution in [3.8, 4) is 11.3 Å². The van der Waals surface area contributed by atoms with Crippen molar-refractivity contribution in [3.05, 3.63) is 30.5 Å². The zero-order valence-electron chi connectivity index (χ0n) is 29.1. The van der Waals surface area contributed by atoms with Gasteiger partial charge in [-0.25, -0.2) is 4.79 Å². The lowest BCUT2D eigenvalue weighted by atomic mass is 9.63. The van der Waals surface area contributed by atoms with Crippen LogP contribution in [0.4, 0.5) is 10.5 Å². The summed E-state index contributed by atoms with van der Waals surface area (Å²) in [5.41, 5.74) is 7.02. The van der Waals surface area contributed by atoms with Crippen molar-refractivity contribution in [3.63, 3.8) is 0 Å². The van der Waals surface area contributed by atoms with Crippen LogP contribution >= 0.6 is 0 Å².